The topological polar surface area (TPSA) is 145 Å². The first-order valence-corrected chi connectivity index (χ1v) is 11.1. The maximum atomic E-state index is 12.2. The van der Waals surface area contributed by atoms with Gasteiger partial charge in [-0.05, 0) is 33.9 Å². The first kappa shape index (κ1) is 27.1. The van der Waals surface area contributed by atoms with E-state index < -0.39 is 24.5 Å². The van der Waals surface area contributed by atoms with Crippen molar-refractivity contribution in [1.82, 2.24) is 30.8 Å². The Kier molecular flexibility index (Phi) is 11.6. The molecule has 3 aromatic rings. The molecule has 0 aliphatic carbocycles. The summed E-state index contributed by atoms with van der Waals surface area (Å²) in [6.45, 7) is 0.950. The number of thiophene rings is 1. The molecule has 3 N–H and O–H groups in total. The number of aryl methyl sites for hydroxylation is 1. The van der Waals surface area contributed by atoms with E-state index in [9.17, 15) is 19.8 Å². The van der Waals surface area contributed by atoms with Gasteiger partial charge in [-0.2, -0.15) is 0 Å². The molecule has 2 atom stereocenters. The Hall–Kier alpha value is -2.15. The zero-order chi connectivity index (χ0) is 22.8. The molecule has 170 valence electrons. The monoisotopic (exact) mass is 480 g/mol. The predicted molar refractivity (Wildman–Crippen MR) is 115 cm³/mol. The van der Waals surface area contributed by atoms with Gasteiger partial charge in [0.05, 0.1) is 6.10 Å². The molecule has 2 unspecified atom stereocenters. The van der Waals surface area contributed by atoms with Crippen LogP contribution in [0.2, 0.25) is 0 Å². The zero-order valence-electron chi connectivity index (χ0n) is 18.4. The summed E-state index contributed by atoms with van der Waals surface area (Å²) in [5, 5.41) is 40.4. The minimum absolute atomic E-state index is 0. The minimum atomic E-state index is -1.32. The van der Waals surface area contributed by atoms with Gasteiger partial charge in [0.1, 0.15) is 6.04 Å². The Morgan fingerprint density at radius 2 is 1.97 bits per heavy atom. The Morgan fingerprint density at radius 1 is 1.18 bits per heavy atom. The Morgan fingerprint density at radius 3 is 2.67 bits per heavy atom. The molecule has 0 spiro atoms. The van der Waals surface area contributed by atoms with Gasteiger partial charge in [0.15, 0.2) is 5.82 Å². The molecule has 33 heavy (non-hydrogen) atoms. The third kappa shape index (κ3) is 8.95. The maximum Gasteiger partial charge on any atom is 1.00 e. The van der Waals surface area contributed by atoms with Crippen LogP contribution in [0.3, 0.4) is 0 Å². The van der Waals surface area contributed by atoms with Gasteiger partial charge in [0.25, 0.3) is 0 Å². The van der Waals surface area contributed by atoms with Crippen molar-refractivity contribution in [3.63, 3.8) is 0 Å². The number of rotatable bonds is 13. The molecule has 0 fully saturated rings. The molecule has 12 heteroatoms. The van der Waals surface area contributed by atoms with Crippen molar-refractivity contribution in [2.75, 3.05) is 6.54 Å². The molecule has 0 saturated carbocycles. The number of hydrogen-bond donors (Lipinski definition) is 3. The summed E-state index contributed by atoms with van der Waals surface area (Å²) in [4.78, 5) is 23.8. The molecule has 0 saturated heterocycles. The van der Waals surface area contributed by atoms with Crippen LogP contribution in [0.4, 0.5) is 0 Å². The summed E-state index contributed by atoms with van der Waals surface area (Å²) in [6, 6.07) is 13.1. The Bertz CT molecular complexity index is 986. The van der Waals surface area contributed by atoms with Gasteiger partial charge in [-0.15, -0.1) is 16.4 Å². The van der Waals surface area contributed by atoms with Crippen molar-refractivity contribution in [3.8, 4) is 0 Å². The summed E-state index contributed by atoms with van der Waals surface area (Å²) >= 11 is 1.49. The van der Waals surface area contributed by atoms with Gasteiger partial charge in [0, 0.05) is 43.3 Å². The normalized spacial score (nSPS) is 12.5. The van der Waals surface area contributed by atoms with Crippen LogP contribution in [-0.4, -0.2) is 49.8 Å². The van der Waals surface area contributed by atoms with E-state index >= 15 is 0 Å². The summed E-state index contributed by atoms with van der Waals surface area (Å²) in [5.74, 6) is -0.845. The minimum Gasteiger partial charge on any atom is -0.550 e. The van der Waals surface area contributed by atoms with Gasteiger partial charge >= 0.3 is 29.6 Å². The fourth-order valence-electron chi connectivity index (χ4n) is 3.14. The molecular formula is C21H25N6NaO4S. The number of aliphatic hydroxyl groups is 1. The number of carboxylic acid groups (broad SMARTS) is 1. The summed E-state index contributed by atoms with van der Waals surface area (Å²) < 4.78 is 1.62. The molecule has 3 rings (SSSR count). The van der Waals surface area contributed by atoms with E-state index in [-0.39, 0.29) is 42.0 Å². The number of nitrogens with zero attached hydrogens (tertiary/aromatic N) is 4. The van der Waals surface area contributed by atoms with Gasteiger partial charge in [-0.1, -0.05) is 36.4 Å². The molecule has 2 aromatic heterocycles. The van der Waals surface area contributed by atoms with E-state index in [1.165, 1.54) is 11.3 Å². The van der Waals surface area contributed by atoms with E-state index in [1.54, 1.807) is 4.68 Å². The number of carbonyl (C=O) groups is 2. The number of benzene rings is 1. The molecule has 0 aliphatic rings. The number of aliphatic carboxylic acids is 1. The van der Waals surface area contributed by atoms with E-state index in [2.05, 4.69) is 26.2 Å². The summed E-state index contributed by atoms with van der Waals surface area (Å²) in [7, 11) is 0. The van der Waals surface area contributed by atoms with Crippen molar-refractivity contribution in [2.24, 2.45) is 0 Å². The molecule has 10 nitrogen and oxygen atoms in total. The zero-order valence-corrected chi connectivity index (χ0v) is 21.2. The number of carboxylic acids is 1. The van der Waals surface area contributed by atoms with Crippen LogP contribution >= 0.6 is 11.3 Å². The van der Waals surface area contributed by atoms with Crippen LogP contribution in [0, 0.1) is 0 Å². The number of tetrazole rings is 1. The van der Waals surface area contributed by atoms with Crippen LogP contribution in [0.1, 0.15) is 41.6 Å². The van der Waals surface area contributed by atoms with Gasteiger partial charge in [0.2, 0.25) is 5.91 Å². The SMILES string of the molecule is O=C([O-])CC(O)CNC(c1cccs1)c1nnnn1CCCC(=O)NCc1ccccc1.[Na+]. The first-order chi connectivity index (χ1) is 15.5. The van der Waals surface area contributed by atoms with E-state index in [1.807, 2.05) is 47.8 Å². The van der Waals surface area contributed by atoms with Crippen molar-refractivity contribution in [1.29, 1.82) is 0 Å². The van der Waals surface area contributed by atoms with E-state index in [0.29, 0.717) is 31.8 Å². The molecular weight excluding hydrogens is 455 g/mol. The average molecular weight is 481 g/mol. The number of nitrogens with one attached hydrogen (secondary N) is 2. The number of carbonyl (C=O) groups excluding carboxylic acids is 2. The Labute approximate surface area is 217 Å². The molecule has 0 aliphatic heterocycles. The first-order valence-electron chi connectivity index (χ1n) is 10.2. The molecule has 2 heterocycles. The van der Waals surface area contributed by atoms with Crippen LogP contribution in [0.15, 0.2) is 47.8 Å². The second kappa shape index (κ2) is 14.2. The van der Waals surface area contributed by atoms with Crippen molar-refractivity contribution < 1.29 is 49.4 Å². The quantitative estimate of drug-likeness (QED) is 0.220. The van der Waals surface area contributed by atoms with Crippen molar-refractivity contribution in [2.45, 2.75) is 44.5 Å². The van der Waals surface area contributed by atoms with Gasteiger partial charge in [-0.25, -0.2) is 4.68 Å². The van der Waals surface area contributed by atoms with E-state index in [0.717, 1.165) is 10.4 Å². The van der Waals surface area contributed by atoms with Gasteiger partial charge in [-0.3, -0.25) is 4.79 Å². The Balaban J connectivity index is 0.00000385. The number of amides is 1. The average Bonchev–Trinajstić information content (AvgIpc) is 3.46. The van der Waals surface area contributed by atoms with Crippen LogP contribution in [0.25, 0.3) is 0 Å². The standard InChI is InChI=1S/C21H26N6O4S.Na/c28-16(12-19(30)31)14-23-20(17-8-5-11-32-17)21-24-25-26-27(21)10-4-9-18(29)22-13-15-6-2-1-3-7-15;/h1-3,5-8,11,16,20,23,28H,4,9-10,12-14H2,(H,22,29)(H,30,31);/q;+1/p-1. The van der Waals surface area contributed by atoms with Crippen LogP contribution < -0.4 is 45.3 Å². The summed E-state index contributed by atoms with van der Waals surface area (Å²) in [6.07, 6.45) is -0.690. The van der Waals surface area contributed by atoms with Gasteiger partial charge < -0.3 is 25.6 Å². The smallest absolute Gasteiger partial charge is 0.550 e. The molecule has 0 bridgehead atoms. The van der Waals surface area contributed by atoms with Crippen LogP contribution in [0.5, 0.6) is 0 Å². The molecule has 1 aromatic carbocycles. The van der Waals surface area contributed by atoms with Crippen molar-refractivity contribution >= 4 is 23.2 Å². The fourth-order valence-corrected chi connectivity index (χ4v) is 3.94. The largest absolute Gasteiger partial charge is 1.00 e. The second-order valence-electron chi connectivity index (χ2n) is 7.21. The third-order valence-corrected chi connectivity index (χ3v) is 5.65. The molecule has 1 amide bonds. The predicted octanol–water partition coefficient (Wildman–Crippen LogP) is -2.98. The number of aliphatic hydroxyl groups excluding tert-OH is 1. The fraction of sp³-hybridized carbons (Fsp3) is 0.381. The number of aromatic nitrogens is 4. The van der Waals surface area contributed by atoms with Crippen LogP contribution in [-0.2, 0) is 22.7 Å². The second-order valence-corrected chi connectivity index (χ2v) is 8.19. The molecule has 0 radical (unpaired) electrons. The summed E-state index contributed by atoms with van der Waals surface area (Å²) in [5.41, 5.74) is 1.04. The maximum absolute atomic E-state index is 12.2. The van der Waals surface area contributed by atoms with Crippen molar-refractivity contribution in [3.05, 3.63) is 64.1 Å². The third-order valence-electron chi connectivity index (χ3n) is 4.71. The number of hydrogen-bond acceptors (Lipinski definition) is 9. The van der Waals surface area contributed by atoms with E-state index in [4.69, 9.17) is 0 Å².